The van der Waals surface area contributed by atoms with Crippen molar-refractivity contribution in [3.8, 4) is 11.5 Å². The van der Waals surface area contributed by atoms with Crippen LogP contribution in [0.3, 0.4) is 0 Å². The Morgan fingerprint density at radius 1 is 1.21 bits per heavy atom. The van der Waals surface area contributed by atoms with Crippen molar-refractivity contribution in [1.82, 2.24) is 0 Å². The number of nitrogens with zero attached hydrogens (tertiary/aromatic N) is 2. The van der Waals surface area contributed by atoms with Gasteiger partial charge in [0.05, 0.1) is 23.3 Å². The molecule has 2 aromatic rings. The van der Waals surface area contributed by atoms with Gasteiger partial charge < -0.3 is 14.4 Å². The third kappa shape index (κ3) is 4.24. The van der Waals surface area contributed by atoms with Crippen LogP contribution in [0.25, 0.3) is 0 Å². The lowest BCUT2D eigenvalue weighted by atomic mass is 10.0. The Hall–Kier alpha value is -3.09. The molecule has 0 fully saturated rings. The number of aryl methyl sites for hydroxylation is 1. The van der Waals surface area contributed by atoms with Gasteiger partial charge in [-0.3, -0.25) is 14.9 Å². The highest BCUT2D eigenvalue weighted by molar-refractivity contribution is 6.00. The van der Waals surface area contributed by atoms with Crippen molar-refractivity contribution in [3.05, 3.63) is 58.1 Å². The number of nitro benzene ring substituents is 1. The maximum absolute atomic E-state index is 12.9. The number of fused-ring (bicyclic) bond motifs is 1. The minimum absolute atomic E-state index is 0.0498. The average molecular weight is 384 g/mol. The van der Waals surface area contributed by atoms with E-state index in [2.05, 4.69) is 0 Å². The van der Waals surface area contributed by atoms with E-state index in [1.807, 2.05) is 45.0 Å². The largest absolute Gasteiger partial charge is 0.494 e. The molecule has 1 aliphatic rings. The van der Waals surface area contributed by atoms with Crippen molar-refractivity contribution in [2.45, 2.75) is 33.3 Å². The number of non-ortho nitro benzene ring substituents is 1. The Morgan fingerprint density at radius 3 is 2.57 bits per heavy atom. The molecule has 28 heavy (non-hydrogen) atoms. The van der Waals surface area contributed by atoms with Gasteiger partial charge >= 0.3 is 0 Å². The van der Waals surface area contributed by atoms with Gasteiger partial charge in [-0.25, -0.2) is 0 Å². The summed E-state index contributed by atoms with van der Waals surface area (Å²) in [5, 5.41) is 11.1. The molecular weight excluding hydrogens is 360 g/mol. The number of benzene rings is 2. The Balaban J connectivity index is 1.72. The number of hydrogen-bond acceptors (Lipinski definition) is 5. The van der Waals surface area contributed by atoms with Crippen molar-refractivity contribution >= 4 is 17.3 Å². The first-order valence-corrected chi connectivity index (χ1v) is 9.33. The summed E-state index contributed by atoms with van der Waals surface area (Å²) < 4.78 is 11.5. The molecule has 0 aromatic heterocycles. The Morgan fingerprint density at radius 2 is 1.93 bits per heavy atom. The highest BCUT2D eigenvalue weighted by Gasteiger charge is 2.36. The van der Waals surface area contributed by atoms with Crippen molar-refractivity contribution in [3.63, 3.8) is 0 Å². The van der Waals surface area contributed by atoms with Crippen LogP contribution < -0.4 is 14.4 Å². The maximum Gasteiger partial charge on any atom is 0.273 e. The van der Waals surface area contributed by atoms with Gasteiger partial charge in [-0.1, -0.05) is 31.5 Å². The summed E-state index contributed by atoms with van der Waals surface area (Å²) in [6.07, 6.45) is -0.0339. The summed E-state index contributed by atoms with van der Waals surface area (Å²) in [6, 6.07) is 12.1. The fourth-order valence-electron chi connectivity index (χ4n) is 3.09. The number of nitro groups is 1. The van der Waals surface area contributed by atoms with E-state index in [4.69, 9.17) is 9.47 Å². The summed E-state index contributed by atoms with van der Waals surface area (Å²) in [7, 11) is 0. The minimum atomic E-state index is -0.660. The number of anilines is 1. The molecule has 0 saturated heterocycles. The quantitative estimate of drug-likeness (QED) is 0.407. The molecule has 0 N–H and O–H groups in total. The fourth-order valence-corrected chi connectivity index (χ4v) is 3.09. The Labute approximate surface area is 164 Å². The molecule has 1 atom stereocenters. The van der Waals surface area contributed by atoms with E-state index in [1.165, 1.54) is 12.1 Å². The number of carbonyl (C=O) groups is 1. The van der Waals surface area contributed by atoms with Crippen LogP contribution in [0.4, 0.5) is 11.4 Å². The lowest BCUT2D eigenvalue weighted by Crippen LogP contribution is -2.48. The zero-order valence-corrected chi connectivity index (χ0v) is 16.3. The van der Waals surface area contributed by atoms with E-state index in [0.29, 0.717) is 31.0 Å². The minimum Gasteiger partial charge on any atom is -0.494 e. The molecule has 2 aromatic carbocycles. The molecule has 1 unspecified atom stereocenters. The van der Waals surface area contributed by atoms with E-state index in [-0.39, 0.29) is 17.5 Å². The summed E-state index contributed by atoms with van der Waals surface area (Å²) in [6.45, 7) is 6.71. The summed E-state index contributed by atoms with van der Waals surface area (Å²) in [4.78, 5) is 25.1. The standard InChI is InChI=1S/C21H24N2O5/c1-14(2)20-21(24)22(11-4-12-27-17-8-5-15(3)6-9-17)18-10-7-16(23(25)26)13-19(18)28-20/h5-10,13-14,20H,4,11-12H2,1-3H3. The molecular formula is C21H24N2O5. The van der Waals surface area contributed by atoms with Crippen LogP contribution in [-0.2, 0) is 4.79 Å². The number of ether oxygens (including phenoxy) is 2. The number of hydrogen-bond donors (Lipinski definition) is 0. The van der Waals surface area contributed by atoms with Gasteiger partial charge in [0.25, 0.3) is 11.6 Å². The monoisotopic (exact) mass is 384 g/mol. The second kappa shape index (κ2) is 8.29. The molecule has 7 nitrogen and oxygen atoms in total. The highest BCUT2D eigenvalue weighted by atomic mass is 16.6. The first kappa shape index (κ1) is 19.7. The second-order valence-electron chi connectivity index (χ2n) is 7.20. The van der Waals surface area contributed by atoms with Crippen molar-refractivity contribution in [2.75, 3.05) is 18.1 Å². The fraction of sp³-hybridized carbons (Fsp3) is 0.381. The molecule has 1 amide bonds. The van der Waals surface area contributed by atoms with Crippen LogP contribution >= 0.6 is 0 Å². The summed E-state index contributed by atoms with van der Waals surface area (Å²) in [5.74, 6) is 0.972. The van der Waals surface area contributed by atoms with Crippen molar-refractivity contribution in [1.29, 1.82) is 0 Å². The predicted octanol–water partition coefficient (Wildman–Crippen LogP) is 4.12. The second-order valence-corrected chi connectivity index (χ2v) is 7.20. The molecule has 0 aliphatic carbocycles. The van der Waals surface area contributed by atoms with Gasteiger partial charge in [0.1, 0.15) is 5.75 Å². The topological polar surface area (TPSA) is 81.9 Å². The third-order valence-corrected chi connectivity index (χ3v) is 4.63. The first-order chi connectivity index (χ1) is 13.4. The van der Waals surface area contributed by atoms with Gasteiger partial charge in [-0.2, -0.15) is 0 Å². The molecule has 0 bridgehead atoms. The molecule has 148 valence electrons. The summed E-state index contributed by atoms with van der Waals surface area (Å²) >= 11 is 0. The normalized spacial score (nSPS) is 15.9. The van der Waals surface area contributed by atoms with E-state index in [9.17, 15) is 14.9 Å². The lowest BCUT2D eigenvalue weighted by molar-refractivity contribution is -0.384. The van der Waals surface area contributed by atoms with E-state index in [0.717, 1.165) is 11.3 Å². The SMILES string of the molecule is Cc1ccc(OCCCN2C(=O)C(C(C)C)Oc3cc([N+](=O)[O-])ccc32)cc1. The zero-order valence-electron chi connectivity index (χ0n) is 16.3. The Kier molecular flexibility index (Phi) is 5.82. The zero-order chi connectivity index (χ0) is 20.3. The molecule has 1 heterocycles. The van der Waals surface area contributed by atoms with Gasteiger partial charge in [0, 0.05) is 12.6 Å². The first-order valence-electron chi connectivity index (χ1n) is 9.33. The van der Waals surface area contributed by atoms with Gasteiger partial charge in [0.2, 0.25) is 0 Å². The van der Waals surface area contributed by atoms with Crippen LogP contribution in [0.5, 0.6) is 11.5 Å². The van der Waals surface area contributed by atoms with Crippen LogP contribution in [0, 0.1) is 23.0 Å². The average Bonchev–Trinajstić information content (AvgIpc) is 2.67. The molecule has 0 radical (unpaired) electrons. The number of amides is 1. The molecule has 1 aliphatic heterocycles. The predicted molar refractivity (Wildman–Crippen MR) is 106 cm³/mol. The third-order valence-electron chi connectivity index (χ3n) is 4.63. The molecule has 0 saturated carbocycles. The van der Waals surface area contributed by atoms with Crippen LogP contribution in [0.2, 0.25) is 0 Å². The van der Waals surface area contributed by atoms with E-state index < -0.39 is 11.0 Å². The smallest absolute Gasteiger partial charge is 0.273 e. The van der Waals surface area contributed by atoms with Crippen molar-refractivity contribution < 1.29 is 19.2 Å². The van der Waals surface area contributed by atoms with Crippen LogP contribution in [0.1, 0.15) is 25.8 Å². The number of carbonyl (C=O) groups excluding carboxylic acids is 1. The Bertz CT molecular complexity index is 864. The molecule has 3 rings (SSSR count). The summed E-state index contributed by atoms with van der Waals surface area (Å²) in [5.41, 5.74) is 1.66. The lowest BCUT2D eigenvalue weighted by Gasteiger charge is -2.35. The van der Waals surface area contributed by atoms with Gasteiger partial charge in [-0.15, -0.1) is 0 Å². The van der Waals surface area contributed by atoms with E-state index in [1.54, 1.807) is 11.0 Å². The van der Waals surface area contributed by atoms with E-state index >= 15 is 0 Å². The van der Waals surface area contributed by atoms with Crippen LogP contribution in [0.15, 0.2) is 42.5 Å². The molecule has 7 heteroatoms. The molecule has 0 spiro atoms. The highest BCUT2D eigenvalue weighted by Crippen LogP contribution is 2.38. The van der Waals surface area contributed by atoms with Crippen molar-refractivity contribution in [2.24, 2.45) is 5.92 Å². The van der Waals surface area contributed by atoms with Gasteiger partial charge in [-0.05, 0) is 37.5 Å². The van der Waals surface area contributed by atoms with Gasteiger partial charge in [0.15, 0.2) is 11.9 Å². The van der Waals surface area contributed by atoms with Crippen LogP contribution in [-0.4, -0.2) is 30.1 Å². The maximum atomic E-state index is 12.9. The number of rotatable bonds is 7.